The Kier molecular flexibility index (Phi) is 9.10. The molecule has 0 radical (unpaired) electrons. The van der Waals surface area contributed by atoms with Crippen LogP contribution < -0.4 is 10.1 Å². The van der Waals surface area contributed by atoms with Crippen molar-refractivity contribution in [1.82, 2.24) is 10.2 Å². The molecule has 0 aliphatic rings. The highest BCUT2D eigenvalue weighted by atomic mass is 16.5. The van der Waals surface area contributed by atoms with Crippen LogP contribution in [0.25, 0.3) is 0 Å². The van der Waals surface area contributed by atoms with Crippen LogP contribution in [0.5, 0.6) is 5.75 Å². The van der Waals surface area contributed by atoms with E-state index >= 15 is 0 Å². The maximum atomic E-state index is 13.3. The van der Waals surface area contributed by atoms with Gasteiger partial charge in [-0.05, 0) is 63.3 Å². The Bertz CT molecular complexity index is 877. The van der Waals surface area contributed by atoms with Crippen molar-refractivity contribution in [2.24, 2.45) is 0 Å². The summed E-state index contributed by atoms with van der Waals surface area (Å²) in [6, 6.07) is 13.3. The van der Waals surface area contributed by atoms with E-state index in [2.05, 4.69) is 5.32 Å². The quantitative estimate of drug-likeness (QED) is 0.601. The van der Waals surface area contributed by atoms with Gasteiger partial charge in [-0.15, -0.1) is 0 Å². The van der Waals surface area contributed by atoms with Gasteiger partial charge in [-0.25, -0.2) is 0 Å². The van der Waals surface area contributed by atoms with E-state index in [4.69, 9.17) is 4.74 Å². The maximum absolute atomic E-state index is 13.3. The fraction of sp³-hybridized carbons (Fsp3) is 0.462. The Balaban J connectivity index is 2.23. The average molecular weight is 425 g/mol. The number of ether oxygens (including phenoxy) is 1. The topological polar surface area (TPSA) is 58.6 Å². The zero-order valence-corrected chi connectivity index (χ0v) is 19.7. The molecule has 31 heavy (non-hydrogen) atoms. The van der Waals surface area contributed by atoms with E-state index in [1.165, 1.54) is 0 Å². The molecule has 0 bridgehead atoms. The van der Waals surface area contributed by atoms with Crippen molar-refractivity contribution >= 4 is 11.8 Å². The molecule has 0 saturated carbocycles. The Morgan fingerprint density at radius 3 is 2.29 bits per heavy atom. The minimum atomic E-state index is -0.551. The minimum absolute atomic E-state index is 0.0593. The summed E-state index contributed by atoms with van der Waals surface area (Å²) in [5.74, 6) is 0.373. The number of aryl methyl sites for hydroxylation is 2. The van der Waals surface area contributed by atoms with E-state index in [1.807, 2.05) is 84.0 Å². The first-order valence-corrected chi connectivity index (χ1v) is 11.1. The van der Waals surface area contributed by atoms with E-state index in [-0.39, 0.29) is 24.5 Å². The van der Waals surface area contributed by atoms with Crippen molar-refractivity contribution in [2.45, 2.75) is 73.0 Å². The van der Waals surface area contributed by atoms with E-state index in [0.717, 1.165) is 28.7 Å². The van der Waals surface area contributed by atoms with Crippen LogP contribution in [0.15, 0.2) is 42.5 Å². The van der Waals surface area contributed by atoms with Gasteiger partial charge >= 0.3 is 0 Å². The fourth-order valence-corrected chi connectivity index (χ4v) is 3.35. The SMILES string of the molecule is CC[C@H](C)NC(=O)[C@H](CC)N(Cc1ccc(C)cc1)C(=O)COc1cccc(C)c1C. The number of carbonyl (C=O) groups is 2. The summed E-state index contributed by atoms with van der Waals surface area (Å²) in [6.07, 6.45) is 1.37. The van der Waals surface area contributed by atoms with Crippen molar-refractivity contribution < 1.29 is 14.3 Å². The smallest absolute Gasteiger partial charge is 0.261 e. The number of amides is 2. The molecule has 0 aliphatic heterocycles. The molecular formula is C26H36N2O3. The molecule has 2 aromatic carbocycles. The van der Waals surface area contributed by atoms with Crippen molar-refractivity contribution in [3.8, 4) is 5.75 Å². The highest BCUT2D eigenvalue weighted by molar-refractivity contribution is 5.88. The van der Waals surface area contributed by atoms with E-state index in [1.54, 1.807) is 4.90 Å². The standard InChI is InChI=1S/C26H36N2O3/c1-7-20(5)27-26(30)23(8-2)28(16-22-14-12-18(3)13-15-22)25(29)17-31-24-11-9-10-19(4)21(24)6/h9-15,20,23H,7-8,16-17H2,1-6H3,(H,27,30)/t20-,23-/m0/s1. The molecule has 0 spiro atoms. The summed E-state index contributed by atoms with van der Waals surface area (Å²) in [7, 11) is 0. The lowest BCUT2D eigenvalue weighted by atomic mass is 10.1. The van der Waals surface area contributed by atoms with Crippen molar-refractivity contribution in [1.29, 1.82) is 0 Å². The summed E-state index contributed by atoms with van der Waals surface area (Å²) in [5.41, 5.74) is 4.27. The first kappa shape index (κ1) is 24.4. The van der Waals surface area contributed by atoms with Gasteiger partial charge in [0, 0.05) is 12.6 Å². The molecular weight excluding hydrogens is 388 g/mol. The van der Waals surface area contributed by atoms with Crippen LogP contribution in [0, 0.1) is 20.8 Å². The van der Waals surface area contributed by atoms with Crippen LogP contribution >= 0.6 is 0 Å². The Labute approximate surface area is 186 Å². The van der Waals surface area contributed by atoms with Crippen LogP contribution in [0.3, 0.4) is 0 Å². The third-order valence-corrected chi connectivity index (χ3v) is 5.77. The van der Waals surface area contributed by atoms with E-state index in [0.29, 0.717) is 18.7 Å². The number of nitrogens with zero attached hydrogens (tertiary/aromatic N) is 1. The lowest BCUT2D eigenvalue weighted by Gasteiger charge is -2.31. The molecule has 0 fully saturated rings. The second kappa shape index (κ2) is 11.5. The van der Waals surface area contributed by atoms with Crippen LogP contribution in [-0.2, 0) is 16.1 Å². The molecule has 2 aromatic rings. The van der Waals surface area contributed by atoms with Crippen LogP contribution in [-0.4, -0.2) is 35.4 Å². The fourth-order valence-electron chi connectivity index (χ4n) is 3.35. The van der Waals surface area contributed by atoms with E-state index in [9.17, 15) is 9.59 Å². The molecule has 2 amide bonds. The molecule has 2 atom stereocenters. The van der Waals surface area contributed by atoms with Crippen LogP contribution in [0.2, 0.25) is 0 Å². The molecule has 5 nitrogen and oxygen atoms in total. The molecule has 0 aliphatic carbocycles. The van der Waals surface area contributed by atoms with Gasteiger partial charge in [-0.3, -0.25) is 9.59 Å². The Morgan fingerprint density at radius 1 is 1.00 bits per heavy atom. The van der Waals surface area contributed by atoms with E-state index < -0.39 is 6.04 Å². The van der Waals surface area contributed by atoms with Gasteiger partial charge < -0.3 is 15.0 Å². The third kappa shape index (κ3) is 6.84. The molecule has 5 heteroatoms. The first-order valence-electron chi connectivity index (χ1n) is 11.1. The van der Waals surface area contributed by atoms with Gasteiger partial charge in [-0.1, -0.05) is 55.8 Å². The number of benzene rings is 2. The second-order valence-corrected chi connectivity index (χ2v) is 8.24. The maximum Gasteiger partial charge on any atom is 0.261 e. The van der Waals surface area contributed by atoms with Crippen LogP contribution in [0.4, 0.5) is 0 Å². The Morgan fingerprint density at radius 2 is 1.68 bits per heavy atom. The highest BCUT2D eigenvalue weighted by Crippen LogP contribution is 2.21. The Hall–Kier alpha value is -2.82. The number of nitrogens with one attached hydrogen (secondary N) is 1. The van der Waals surface area contributed by atoms with Gasteiger partial charge in [0.1, 0.15) is 11.8 Å². The monoisotopic (exact) mass is 424 g/mol. The normalized spacial score (nSPS) is 12.7. The molecule has 0 aromatic heterocycles. The summed E-state index contributed by atoms with van der Waals surface area (Å²) >= 11 is 0. The molecule has 0 saturated heterocycles. The van der Waals surface area contributed by atoms with Gasteiger partial charge in [0.05, 0.1) is 0 Å². The number of hydrogen-bond donors (Lipinski definition) is 1. The van der Waals surface area contributed by atoms with Gasteiger partial charge in [0.25, 0.3) is 5.91 Å². The summed E-state index contributed by atoms with van der Waals surface area (Å²) in [6.45, 7) is 12.2. The van der Waals surface area contributed by atoms with Gasteiger partial charge in [0.15, 0.2) is 6.61 Å². The van der Waals surface area contributed by atoms with Crippen molar-refractivity contribution in [2.75, 3.05) is 6.61 Å². The zero-order valence-electron chi connectivity index (χ0n) is 19.7. The van der Waals surface area contributed by atoms with Gasteiger partial charge in [0.2, 0.25) is 5.91 Å². The van der Waals surface area contributed by atoms with Crippen molar-refractivity contribution in [3.63, 3.8) is 0 Å². The first-order chi connectivity index (χ1) is 14.8. The molecule has 0 heterocycles. The predicted molar refractivity (Wildman–Crippen MR) is 125 cm³/mol. The number of hydrogen-bond acceptors (Lipinski definition) is 3. The summed E-state index contributed by atoms with van der Waals surface area (Å²) in [4.78, 5) is 27.9. The average Bonchev–Trinajstić information content (AvgIpc) is 2.75. The van der Waals surface area contributed by atoms with Crippen LogP contribution in [0.1, 0.15) is 55.9 Å². The largest absolute Gasteiger partial charge is 0.483 e. The lowest BCUT2D eigenvalue weighted by Crippen LogP contribution is -2.51. The molecule has 0 unspecified atom stereocenters. The number of carbonyl (C=O) groups excluding carboxylic acids is 2. The summed E-state index contributed by atoms with van der Waals surface area (Å²) in [5, 5.41) is 3.03. The molecule has 2 rings (SSSR count). The molecule has 168 valence electrons. The highest BCUT2D eigenvalue weighted by Gasteiger charge is 2.29. The predicted octanol–water partition coefficient (Wildman–Crippen LogP) is 4.71. The second-order valence-electron chi connectivity index (χ2n) is 8.24. The summed E-state index contributed by atoms with van der Waals surface area (Å²) < 4.78 is 5.87. The molecule has 1 N–H and O–H groups in total. The van der Waals surface area contributed by atoms with Gasteiger partial charge in [-0.2, -0.15) is 0 Å². The van der Waals surface area contributed by atoms with Crippen molar-refractivity contribution in [3.05, 3.63) is 64.7 Å². The third-order valence-electron chi connectivity index (χ3n) is 5.77. The minimum Gasteiger partial charge on any atom is -0.483 e. The zero-order chi connectivity index (χ0) is 23.0. The number of rotatable bonds is 10. The lowest BCUT2D eigenvalue weighted by molar-refractivity contribution is -0.143.